The van der Waals surface area contributed by atoms with E-state index >= 15 is 0 Å². The van der Waals surface area contributed by atoms with Crippen molar-refractivity contribution in [3.05, 3.63) is 64.9 Å². The Hall–Kier alpha value is -2.19. The number of carbonyl (C=O) groups excluding carboxylic acids is 1. The molecule has 3 fully saturated rings. The number of para-hydroxylation sites is 1. The molecule has 0 radical (unpaired) electrons. The molecular formula is C32H45ClFN5O. The smallest absolute Gasteiger partial charge is 0.222 e. The Labute approximate surface area is 244 Å². The van der Waals surface area contributed by atoms with Crippen LogP contribution >= 0.6 is 11.6 Å². The normalized spacial score (nSPS) is 23.9. The minimum Gasteiger partial charge on any atom is -0.367 e. The van der Waals surface area contributed by atoms with Crippen LogP contribution in [0.1, 0.15) is 37.7 Å². The van der Waals surface area contributed by atoms with E-state index in [2.05, 4.69) is 38.8 Å². The number of carbonyl (C=O) groups is 1. The lowest BCUT2D eigenvalue weighted by atomic mass is 9.86. The molecule has 0 bridgehead atoms. The van der Waals surface area contributed by atoms with Gasteiger partial charge in [0.2, 0.25) is 5.91 Å². The minimum atomic E-state index is -0.142. The van der Waals surface area contributed by atoms with Gasteiger partial charge in [0.25, 0.3) is 0 Å². The van der Waals surface area contributed by atoms with Gasteiger partial charge >= 0.3 is 0 Å². The fourth-order valence-electron chi connectivity index (χ4n) is 6.92. The predicted octanol–water partition coefficient (Wildman–Crippen LogP) is 4.82. The van der Waals surface area contributed by atoms with Gasteiger partial charge < -0.3 is 14.7 Å². The fraction of sp³-hybridized carbons (Fsp3) is 0.594. The molecule has 0 saturated carbocycles. The van der Waals surface area contributed by atoms with Gasteiger partial charge in [0.15, 0.2) is 0 Å². The zero-order chi connectivity index (χ0) is 28.1. The molecule has 2 atom stereocenters. The van der Waals surface area contributed by atoms with Crippen molar-refractivity contribution < 1.29 is 9.18 Å². The number of benzene rings is 2. The van der Waals surface area contributed by atoms with E-state index in [1.165, 1.54) is 5.56 Å². The number of anilines is 1. The lowest BCUT2D eigenvalue weighted by molar-refractivity contribution is -0.133. The second-order valence-electron chi connectivity index (χ2n) is 12.0. The van der Waals surface area contributed by atoms with Gasteiger partial charge in [0.05, 0.1) is 5.69 Å². The molecule has 1 amide bonds. The van der Waals surface area contributed by atoms with E-state index in [9.17, 15) is 9.18 Å². The fourth-order valence-corrected chi connectivity index (χ4v) is 7.05. The highest BCUT2D eigenvalue weighted by atomic mass is 35.5. The lowest BCUT2D eigenvalue weighted by Gasteiger charge is -2.47. The number of hydrogen-bond donors (Lipinski definition) is 0. The van der Waals surface area contributed by atoms with Crippen LogP contribution in [-0.2, 0) is 11.3 Å². The van der Waals surface area contributed by atoms with Crippen molar-refractivity contribution in [1.82, 2.24) is 19.6 Å². The van der Waals surface area contributed by atoms with Crippen molar-refractivity contribution in [2.24, 2.45) is 5.92 Å². The molecule has 3 aliphatic rings. The predicted molar refractivity (Wildman–Crippen MR) is 161 cm³/mol. The van der Waals surface area contributed by atoms with Gasteiger partial charge in [-0.05, 0) is 88.1 Å². The van der Waals surface area contributed by atoms with E-state index in [1.54, 1.807) is 12.1 Å². The largest absolute Gasteiger partial charge is 0.367 e. The van der Waals surface area contributed by atoms with Crippen LogP contribution in [0.2, 0.25) is 5.02 Å². The number of halogens is 2. The van der Waals surface area contributed by atoms with Crippen molar-refractivity contribution >= 4 is 23.2 Å². The Morgan fingerprint density at radius 3 is 2.35 bits per heavy atom. The topological polar surface area (TPSA) is 33.3 Å². The van der Waals surface area contributed by atoms with Crippen molar-refractivity contribution in [2.75, 3.05) is 71.4 Å². The molecule has 8 heteroatoms. The van der Waals surface area contributed by atoms with E-state index in [-0.39, 0.29) is 11.7 Å². The summed E-state index contributed by atoms with van der Waals surface area (Å²) >= 11 is 6.12. The molecule has 0 spiro atoms. The summed E-state index contributed by atoms with van der Waals surface area (Å²) in [5, 5.41) is 0.766. The molecule has 218 valence electrons. The summed E-state index contributed by atoms with van der Waals surface area (Å²) in [4.78, 5) is 25.0. The van der Waals surface area contributed by atoms with E-state index in [0.29, 0.717) is 30.1 Å². The Morgan fingerprint density at radius 2 is 1.65 bits per heavy atom. The number of rotatable bonds is 8. The molecule has 3 saturated heterocycles. The summed E-state index contributed by atoms with van der Waals surface area (Å²) < 4.78 is 14.4. The van der Waals surface area contributed by atoms with Crippen molar-refractivity contribution in [1.29, 1.82) is 0 Å². The van der Waals surface area contributed by atoms with E-state index in [1.807, 2.05) is 36.2 Å². The third kappa shape index (κ3) is 7.35. The van der Waals surface area contributed by atoms with Crippen LogP contribution < -0.4 is 4.90 Å². The van der Waals surface area contributed by atoms with Crippen LogP contribution in [0.5, 0.6) is 0 Å². The van der Waals surface area contributed by atoms with Gasteiger partial charge in [-0.25, -0.2) is 4.39 Å². The van der Waals surface area contributed by atoms with Crippen molar-refractivity contribution in [3.8, 4) is 0 Å². The Kier molecular flexibility index (Phi) is 10.00. The molecule has 0 aliphatic carbocycles. The van der Waals surface area contributed by atoms with Gasteiger partial charge in [0.1, 0.15) is 5.82 Å². The number of nitrogens with zero attached hydrogens (tertiary/aromatic N) is 5. The summed E-state index contributed by atoms with van der Waals surface area (Å²) in [5.74, 6) is 0.569. The van der Waals surface area contributed by atoms with Crippen LogP contribution in [0, 0.1) is 11.7 Å². The molecule has 3 heterocycles. The standard InChI is InChI=1S/C32H45ClFN5O/c1-35-16-13-28(14-17-35)36(2)32(40)12-9-26-24-37(23-25-7-10-27(33)11-8-25)18-15-30(26)38-19-21-39(22-20-38)31-6-4-3-5-29(31)34/h3-8,10-11,26,28,30H,9,12-24H2,1-2H3/t26-,30+/m0/s1. The maximum atomic E-state index is 14.4. The quantitative estimate of drug-likeness (QED) is 0.455. The van der Waals surface area contributed by atoms with E-state index < -0.39 is 0 Å². The van der Waals surface area contributed by atoms with Crippen molar-refractivity contribution in [2.45, 2.75) is 50.7 Å². The highest BCUT2D eigenvalue weighted by Gasteiger charge is 2.35. The van der Waals surface area contributed by atoms with Crippen LogP contribution in [0.3, 0.4) is 0 Å². The van der Waals surface area contributed by atoms with Gasteiger partial charge in [-0.2, -0.15) is 0 Å². The SMILES string of the molecule is CN1CCC(N(C)C(=O)CC[C@H]2CN(Cc3ccc(Cl)cc3)CC[C@H]2N2CCN(c3ccccc3F)CC2)CC1. The highest BCUT2D eigenvalue weighted by molar-refractivity contribution is 6.30. The molecule has 40 heavy (non-hydrogen) atoms. The van der Waals surface area contributed by atoms with Gasteiger partial charge in [-0.3, -0.25) is 14.6 Å². The van der Waals surface area contributed by atoms with E-state index in [0.717, 1.165) is 89.6 Å². The minimum absolute atomic E-state index is 0.142. The molecule has 0 unspecified atom stereocenters. The first-order valence-corrected chi connectivity index (χ1v) is 15.4. The van der Waals surface area contributed by atoms with E-state index in [4.69, 9.17) is 11.6 Å². The monoisotopic (exact) mass is 569 g/mol. The van der Waals surface area contributed by atoms with Crippen LogP contribution in [0.25, 0.3) is 0 Å². The summed E-state index contributed by atoms with van der Waals surface area (Å²) in [6.45, 7) is 8.58. The first kappa shape index (κ1) is 29.3. The maximum Gasteiger partial charge on any atom is 0.222 e. The first-order valence-electron chi connectivity index (χ1n) is 15.0. The zero-order valence-corrected chi connectivity index (χ0v) is 24.9. The Morgan fingerprint density at radius 1 is 0.950 bits per heavy atom. The third-order valence-corrected chi connectivity index (χ3v) is 9.68. The Bertz CT molecular complexity index is 1100. The summed E-state index contributed by atoms with van der Waals surface area (Å²) in [7, 11) is 4.17. The number of amides is 1. The molecule has 0 aromatic heterocycles. The molecule has 2 aromatic carbocycles. The molecule has 5 rings (SSSR count). The molecule has 2 aromatic rings. The average molecular weight is 570 g/mol. The summed E-state index contributed by atoms with van der Waals surface area (Å²) in [6, 6.07) is 16.1. The molecule has 0 N–H and O–H groups in total. The second-order valence-corrected chi connectivity index (χ2v) is 12.5. The summed E-state index contributed by atoms with van der Waals surface area (Å²) in [5.41, 5.74) is 1.98. The van der Waals surface area contributed by atoms with Crippen LogP contribution in [-0.4, -0.2) is 104 Å². The number of piperazine rings is 1. The molecular weight excluding hydrogens is 525 g/mol. The van der Waals surface area contributed by atoms with Crippen molar-refractivity contribution in [3.63, 3.8) is 0 Å². The number of hydrogen-bond acceptors (Lipinski definition) is 5. The highest BCUT2D eigenvalue weighted by Crippen LogP contribution is 2.30. The molecule has 6 nitrogen and oxygen atoms in total. The third-order valence-electron chi connectivity index (χ3n) is 9.43. The summed E-state index contributed by atoms with van der Waals surface area (Å²) in [6.07, 6.45) is 4.73. The zero-order valence-electron chi connectivity index (χ0n) is 24.2. The number of piperidine rings is 2. The average Bonchev–Trinajstić information content (AvgIpc) is 2.98. The maximum absolute atomic E-state index is 14.4. The number of likely N-dealkylation sites (tertiary alicyclic amines) is 2. The van der Waals surface area contributed by atoms with Gasteiger partial charge in [-0.1, -0.05) is 35.9 Å². The van der Waals surface area contributed by atoms with Crippen LogP contribution in [0.4, 0.5) is 10.1 Å². The Balaban J connectivity index is 1.22. The van der Waals surface area contributed by atoms with Gasteiger partial charge in [0, 0.05) is 69.8 Å². The first-order chi connectivity index (χ1) is 19.4. The van der Waals surface area contributed by atoms with Crippen LogP contribution in [0.15, 0.2) is 48.5 Å². The van der Waals surface area contributed by atoms with Gasteiger partial charge in [-0.15, -0.1) is 0 Å². The molecule has 3 aliphatic heterocycles. The lowest BCUT2D eigenvalue weighted by Crippen LogP contribution is -2.57. The second kappa shape index (κ2) is 13.6.